The van der Waals surface area contributed by atoms with Crippen molar-refractivity contribution in [3.8, 4) is 0 Å². The van der Waals surface area contributed by atoms with Gasteiger partial charge in [-0.3, -0.25) is 14.4 Å². The average Bonchev–Trinajstić information content (AvgIpc) is 3.52. The molecule has 0 saturated carbocycles. The lowest BCUT2D eigenvalue weighted by atomic mass is 10.1. The molecule has 0 fully saturated rings. The van der Waals surface area contributed by atoms with Crippen LogP contribution in [0.1, 0.15) is 38.8 Å². The molecule has 0 saturated heterocycles. The molecule has 1 aromatic heterocycles. The largest absolute Gasteiger partial charge is 0.481 e. The van der Waals surface area contributed by atoms with E-state index in [2.05, 4.69) is 29.5 Å². The van der Waals surface area contributed by atoms with Gasteiger partial charge in [-0.1, -0.05) is 25.5 Å². The Morgan fingerprint density at radius 3 is 1.77 bits per heavy atom. The number of carbonyl (C=O) groups is 3. The Kier molecular flexibility index (Phi) is 26.8. The second-order valence-corrected chi connectivity index (χ2v) is 11.9. The zero-order valence-corrected chi connectivity index (χ0v) is 29.1. The number of nitrogens with one attached hydrogen (secondary N) is 1. The third-order valence-electron chi connectivity index (χ3n) is 6.63. The van der Waals surface area contributed by atoms with E-state index in [1.807, 2.05) is 0 Å². The molecule has 0 bridgehead atoms. The maximum atomic E-state index is 12.4. The SMILES string of the molecule is CCC(C)CCOCCOCCOCCOCCOCCOCCOCCn1cc(CNC(=O)C(CC(=O)O)SCC(N)C(=O)O)nn1. The number of thioether (sulfide) groups is 1. The van der Waals surface area contributed by atoms with Crippen molar-refractivity contribution in [1.82, 2.24) is 20.3 Å². The van der Waals surface area contributed by atoms with Crippen LogP contribution in [0.4, 0.5) is 0 Å². The summed E-state index contributed by atoms with van der Waals surface area (Å²) in [4.78, 5) is 34.4. The van der Waals surface area contributed by atoms with E-state index in [1.54, 1.807) is 10.9 Å². The zero-order valence-electron chi connectivity index (χ0n) is 28.3. The number of rotatable bonds is 34. The van der Waals surface area contributed by atoms with Crippen LogP contribution in [-0.4, -0.2) is 153 Å². The van der Waals surface area contributed by atoms with Crippen LogP contribution in [0.3, 0.4) is 0 Å². The monoisotopic (exact) mass is 709 g/mol. The van der Waals surface area contributed by atoms with Gasteiger partial charge in [-0.15, -0.1) is 16.9 Å². The lowest BCUT2D eigenvalue weighted by Crippen LogP contribution is -2.37. The molecule has 3 atom stereocenters. The lowest BCUT2D eigenvalue weighted by Gasteiger charge is -2.15. The van der Waals surface area contributed by atoms with Gasteiger partial charge in [0, 0.05) is 12.4 Å². The van der Waals surface area contributed by atoms with Gasteiger partial charge in [-0.25, -0.2) is 4.68 Å². The van der Waals surface area contributed by atoms with Crippen molar-refractivity contribution in [3.05, 3.63) is 11.9 Å². The summed E-state index contributed by atoms with van der Waals surface area (Å²) in [6, 6.07) is -1.20. The summed E-state index contributed by atoms with van der Waals surface area (Å²) in [5, 5.41) is 27.5. The van der Waals surface area contributed by atoms with Crippen molar-refractivity contribution in [2.45, 2.75) is 57.5 Å². The summed E-state index contributed by atoms with van der Waals surface area (Å²) < 4.78 is 40.0. The van der Waals surface area contributed by atoms with E-state index in [-0.39, 0.29) is 12.3 Å². The smallest absolute Gasteiger partial charge is 0.321 e. The summed E-state index contributed by atoms with van der Waals surface area (Å²) in [6.45, 7) is 11.9. The highest BCUT2D eigenvalue weighted by Gasteiger charge is 2.24. The van der Waals surface area contributed by atoms with Crippen LogP contribution >= 0.6 is 11.8 Å². The third kappa shape index (κ3) is 24.7. The summed E-state index contributed by atoms with van der Waals surface area (Å²) in [7, 11) is 0. The first kappa shape index (κ1) is 43.6. The van der Waals surface area contributed by atoms with E-state index in [9.17, 15) is 14.4 Å². The fourth-order valence-electron chi connectivity index (χ4n) is 3.57. The molecule has 48 heavy (non-hydrogen) atoms. The number of hydrogen-bond acceptors (Lipinski definition) is 14. The maximum Gasteiger partial charge on any atom is 0.321 e. The summed E-state index contributed by atoms with van der Waals surface area (Å²) in [5.41, 5.74) is 5.92. The van der Waals surface area contributed by atoms with Crippen molar-refractivity contribution in [1.29, 1.82) is 0 Å². The van der Waals surface area contributed by atoms with Gasteiger partial charge in [0.05, 0.1) is 117 Å². The molecular formula is C30H55N5O12S. The van der Waals surface area contributed by atoms with E-state index in [4.69, 9.17) is 49.1 Å². The standard InChI is InChI=1S/C30H55N5O12S/c1-3-24(2)4-6-41-8-10-43-12-14-45-16-18-47-19-17-46-15-13-44-11-9-42-7-5-35-22-25(33-34-35)21-32-29(38)27(20-28(36)37)48-23-26(31)30(39)40/h22,24,26-27H,3-21,23,31H2,1-2H3,(H,32,38)(H,36,37)(H,39,40). The normalized spacial score (nSPS) is 13.3. The first-order valence-corrected chi connectivity index (χ1v) is 17.3. The number of nitrogens with zero attached hydrogens (tertiary/aromatic N) is 3. The third-order valence-corrected chi connectivity index (χ3v) is 7.96. The van der Waals surface area contributed by atoms with Crippen molar-refractivity contribution >= 4 is 29.6 Å². The number of carbonyl (C=O) groups excluding carboxylic acids is 1. The molecule has 1 rings (SSSR count). The van der Waals surface area contributed by atoms with Gasteiger partial charge in [0.1, 0.15) is 11.7 Å². The van der Waals surface area contributed by atoms with Gasteiger partial charge in [-0.2, -0.15) is 0 Å². The minimum Gasteiger partial charge on any atom is -0.481 e. The molecule has 1 amide bonds. The van der Waals surface area contributed by atoms with Gasteiger partial charge in [-0.05, 0) is 12.3 Å². The van der Waals surface area contributed by atoms with E-state index in [0.29, 0.717) is 104 Å². The molecule has 3 unspecified atom stereocenters. The Morgan fingerprint density at radius 2 is 1.31 bits per heavy atom. The Morgan fingerprint density at radius 1 is 0.833 bits per heavy atom. The van der Waals surface area contributed by atoms with Crippen LogP contribution in [0.15, 0.2) is 6.20 Å². The van der Waals surface area contributed by atoms with Gasteiger partial charge >= 0.3 is 11.9 Å². The van der Waals surface area contributed by atoms with E-state index >= 15 is 0 Å². The predicted octanol–water partition coefficient (Wildman–Crippen LogP) is 0.435. The molecule has 18 heteroatoms. The topological polar surface area (TPSA) is 225 Å². The van der Waals surface area contributed by atoms with Crippen LogP contribution < -0.4 is 11.1 Å². The van der Waals surface area contributed by atoms with Crippen molar-refractivity contribution in [2.75, 3.05) is 98.2 Å². The highest BCUT2D eigenvalue weighted by molar-refractivity contribution is 8.00. The van der Waals surface area contributed by atoms with Gasteiger partial charge < -0.3 is 54.4 Å². The maximum absolute atomic E-state index is 12.4. The predicted molar refractivity (Wildman–Crippen MR) is 176 cm³/mol. The van der Waals surface area contributed by atoms with Crippen LogP contribution in [0, 0.1) is 5.92 Å². The number of hydrogen-bond donors (Lipinski definition) is 4. The molecular weight excluding hydrogens is 654 g/mol. The van der Waals surface area contributed by atoms with E-state index in [1.165, 1.54) is 6.42 Å². The Hall–Kier alpha value is -2.42. The second kappa shape index (κ2) is 29.5. The minimum atomic E-state index is -1.23. The Balaban J connectivity index is 1.93. The summed E-state index contributed by atoms with van der Waals surface area (Å²) in [5.74, 6) is -2.37. The van der Waals surface area contributed by atoms with Gasteiger partial charge in [0.2, 0.25) is 5.91 Å². The number of aromatic nitrogens is 3. The molecule has 0 aliphatic rings. The molecule has 17 nitrogen and oxygen atoms in total. The van der Waals surface area contributed by atoms with Crippen LogP contribution in [0.5, 0.6) is 0 Å². The fraction of sp³-hybridized carbons (Fsp3) is 0.833. The fourth-order valence-corrected chi connectivity index (χ4v) is 4.64. The molecule has 278 valence electrons. The summed E-state index contributed by atoms with van der Waals surface area (Å²) >= 11 is 0.878. The number of carboxylic acid groups (broad SMARTS) is 2. The Labute approximate surface area is 286 Å². The lowest BCUT2D eigenvalue weighted by molar-refractivity contribution is -0.138. The minimum absolute atomic E-state index is 0.0312. The van der Waals surface area contributed by atoms with Crippen molar-refractivity contribution in [3.63, 3.8) is 0 Å². The first-order chi connectivity index (χ1) is 23.2. The molecule has 0 aromatic carbocycles. The van der Waals surface area contributed by atoms with Crippen LogP contribution in [-0.2, 0) is 60.6 Å². The second-order valence-electron chi connectivity index (χ2n) is 10.6. The van der Waals surface area contributed by atoms with Crippen LogP contribution in [0.2, 0.25) is 0 Å². The van der Waals surface area contributed by atoms with Gasteiger partial charge in [0.25, 0.3) is 0 Å². The van der Waals surface area contributed by atoms with E-state index < -0.39 is 35.6 Å². The summed E-state index contributed by atoms with van der Waals surface area (Å²) in [6.07, 6.45) is 3.43. The molecule has 0 radical (unpaired) electrons. The zero-order chi connectivity index (χ0) is 35.2. The molecule has 0 aliphatic heterocycles. The average molecular weight is 710 g/mol. The molecule has 1 aromatic rings. The number of ether oxygens (including phenoxy) is 7. The van der Waals surface area contributed by atoms with Crippen molar-refractivity contribution in [2.24, 2.45) is 11.7 Å². The molecule has 0 spiro atoms. The molecule has 1 heterocycles. The highest BCUT2D eigenvalue weighted by atomic mass is 32.2. The number of nitrogens with two attached hydrogens (primary N) is 1. The number of aliphatic carboxylic acids is 2. The van der Waals surface area contributed by atoms with Gasteiger partial charge in [0.15, 0.2) is 0 Å². The number of amides is 1. The molecule has 0 aliphatic carbocycles. The first-order valence-electron chi connectivity index (χ1n) is 16.3. The quantitative estimate of drug-likeness (QED) is 0.0712. The Bertz CT molecular complexity index is 976. The molecule has 5 N–H and O–H groups in total. The van der Waals surface area contributed by atoms with E-state index in [0.717, 1.165) is 24.8 Å². The van der Waals surface area contributed by atoms with Crippen molar-refractivity contribution < 1.29 is 57.8 Å². The highest BCUT2D eigenvalue weighted by Crippen LogP contribution is 2.16. The van der Waals surface area contributed by atoms with Crippen LogP contribution in [0.25, 0.3) is 0 Å². The number of carboxylic acids is 2.